The Morgan fingerprint density at radius 3 is 0.731 bits per heavy atom. The fourth-order valence-corrected chi connectivity index (χ4v) is 7.77. The predicted octanol–water partition coefficient (Wildman–Crippen LogP) is 3.43. The third-order valence-corrected chi connectivity index (χ3v) is 13.0. The van der Waals surface area contributed by atoms with Crippen molar-refractivity contribution < 1.29 is 86.0 Å². The normalized spacial score (nSPS) is 28.9. The van der Waals surface area contributed by atoms with Crippen molar-refractivity contribution >= 4 is 71.1 Å². The SMILES string of the molecule is CC(C)[C@@H]1CC(=O)[C@@H](C(C)C)OC(=O)[C@H](C(C)C)NC(=O)[C@H](C)OC(=O)[C@@H](C(C)C)NC(=O)[C@@H](C(C)C)OC(=O)[C@H](C(C)C)NC(=O)[C@H](C)OC(=O)[C@@H](C(C)C)NC(=O)[C@@H](C(C)C)OC(=O)[C@H](C(C)C)NC(=O)[C@H](C)OC1=O. The molecule has 0 aromatic carbocycles. The fraction of sp³-hybridized carbons (Fsp3) is 0.782. The van der Waals surface area contributed by atoms with Crippen LogP contribution in [0.2, 0.25) is 0 Å². The van der Waals surface area contributed by atoms with E-state index in [1.807, 2.05) is 0 Å². The van der Waals surface area contributed by atoms with E-state index in [1.54, 1.807) is 125 Å². The van der Waals surface area contributed by atoms with Gasteiger partial charge in [-0.25, -0.2) is 24.0 Å². The van der Waals surface area contributed by atoms with Crippen molar-refractivity contribution in [1.82, 2.24) is 26.6 Å². The topological polar surface area (TPSA) is 320 Å². The summed E-state index contributed by atoms with van der Waals surface area (Å²) in [6.07, 6.45) is -9.55. The van der Waals surface area contributed by atoms with Crippen LogP contribution in [0.1, 0.15) is 152 Å². The van der Waals surface area contributed by atoms with Gasteiger partial charge >= 0.3 is 35.8 Å². The number of rotatable bonds is 9. The van der Waals surface area contributed by atoms with Gasteiger partial charge in [-0.2, -0.15) is 0 Å². The lowest BCUT2D eigenvalue weighted by Crippen LogP contribution is -2.55. The number of nitrogens with one attached hydrogen (secondary N) is 5. The van der Waals surface area contributed by atoms with Crippen LogP contribution in [-0.4, -0.2) is 138 Å². The van der Waals surface area contributed by atoms with Crippen molar-refractivity contribution in [3.63, 3.8) is 0 Å². The molecule has 1 heterocycles. The van der Waals surface area contributed by atoms with Crippen LogP contribution in [-0.2, 0) is 86.0 Å². The third kappa shape index (κ3) is 20.9. The largest absolute Gasteiger partial charge is 0.453 e. The molecule has 0 bridgehead atoms. The lowest BCUT2D eigenvalue weighted by Gasteiger charge is -2.30. The summed E-state index contributed by atoms with van der Waals surface area (Å²) in [5.41, 5.74) is 0. The van der Waals surface area contributed by atoms with Gasteiger partial charge in [0.2, 0.25) is 0 Å². The van der Waals surface area contributed by atoms with Gasteiger partial charge < -0.3 is 55.0 Å². The number of carbonyl (C=O) groups excluding carboxylic acids is 12. The highest BCUT2D eigenvalue weighted by Crippen LogP contribution is 2.24. The molecule has 5 N–H and O–H groups in total. The molecule has 5 amide bonds. The Kier molecular flexibility index (Phi) is 28.2. The summed E-state index contributed by atoms with van der Waals surface area (Å²) in [5.74, 6) is -18.2. The number of hydrogen-bond acceptors (Lipinski definition) is 18. The molecule has 1 rings (SSSR count). The van der Waals surface area contributed by atoms with Gasteiger partial charge in [0.15, 0.2) is 42.4 Å². The summed E-state index contributed by atoms with van der Waals surface area (Å²) in [4.78, 5) is 165. The summed E-state index contributed by atoms with van der Waals surface area (Å²) in [6.45, 7) is 32.5. The molecule has 0 aromatic rings. The van der Waals surface area contributed by atoms with Gasteiger partial charge in [-0.3, -0.25) is 33.6 Å². The second-order valence-corrected chi connectivity index (χ2v) is 23.2. The van der Waals surface area contributed by atoms with Crippen LogP contribution < -0.4 is 26.6 Å². The molecule has 444 valence electrons. The maximum atomic E-state index is 14.0. The van der Waals surface area contributed by atoms with E-state index in [9.17, 15) is 57.5 Å². The first-order valence-electron chi connectivity index (χ1n) is 27.1. The number of esters is 6. The molecule has 0 spiro atoms. The zero-order valence-corrected chi connectivity index (χ0v) is 49.7. The zero-order chi connectivity index (χ0) is 60.5. The van der Waals surface area contributed by atoms with E-state index in [0.717, 1.165) is 0 Å². The summed E-state index contributed by atoms with van der Waals surface area (Å²) >= 11 is 0. The Labute approximate surface area is 460 Å². The highest BCUT2D eigenvalue weighted by molar-refractivity contribution is 5.96. The molecule has 78 heavy (non-hydrogen) atoms. The molecule has 12 atom stereocenters. The first-order valence-corrected chi connectivity index (χ1v) is 27.1. The number of carbonyl (C=O) groups is 12. The summed E-state index contributed by atoms with van der Waals surface area (Å²) in [5, 5.41) is 12.6. The quantitative estimate of drug-likeness (QED) is 0.163. The molecule has 1 fully saturated rings. The van der Waals surface area contributed by atoms with Crippen LogP contribution in [0.25, 0.3) is 0 Å². The van der Waals surface area contributed by atoms with Crippen LogP contribution in [0.5, 0.6) is 0 Å². The molecule has 0 unspecified atom stereocenters. The molecule has 1 saturated heterocycles. The second-order valence-electron chi connectivity index (χ2n) is 23.2. The first kappa shape index (κ1) is 69.9. The smallest absolute Gasteiger partial charge is 0.329 e. The maximum Gasteiger partial charge on any atom is 0.329 e. The minimum absolute atomic E-state index is 0.484. The van der Waals surface area contributed by atoms with Gasteiger partial charge in [-0.1, -0.05) is 125 Å². The molecular weight excluding hydrogens is 1020 g/mol. The second kappa shape index (κ2) is 31.4. The Morgan fingerprint density at radius 2 is 0.500 bits per heavy atom. The number of cyclic esters (lactones) is 6. The summed E-state index contributed by atoms with van der Waals surface area (Å²) < 4.78 is 33.7. The van der Waals surface area contributed by atoms with Gasteiger partial charge in [0.05, 0.1) is 5.92 Å². The number of Topliss-reactive ketones (excluding diaryl/α,β-unsaturated/α-hetero) is 1. The Bertz CT molecular complexity index is 1890. The Balaban J connectivity index is 3.87. The monoisotopic (exact) mass is 1110 g/mol. The molecule has 1 aliphatic heterocycles. The van der Waals surface area contributed by atoms with Crippen LogP contribution in [0, 0.1) is 59.2 Å². The number of ketones is 1. The van der Waals surface area contributed by atoms with Crippen molar-refractivity contribution in [2.45, 2.75) is 219 Å². The molecule has 0 aliphatic carbocycles. The van der Waals surface area contributed by atoms with E-state index in [-0.39, 0.29) is 0 Å². The zero-order valence-electron chi connectivity index (χ0n) is 49.7. The van der Waals surface area contributed by atoms with Crippen molar-refractivity contribution in [1.29, 1.82) is 0 Å². The van der Waals surface area contributed by atoms with E-state index in [1.165, 1.54) is 20.8 Å². The average molecular weight is 1110 g/mol. The van der Waals surface area contributed by atoms with E-state index in [0.29, 0.717) is 0 Å². The highest BCUT2D eigenvalue weighted by atomic mass is 16.6. The average Bonchev–Trinajstić information content (AvgIpc) is 3.31. The van der Waals surface area contributed by atoms with Gasteiger partial charge in [-0.05, 0) is 74.0 Å². The fourth-order valence-electron chi connectivity index (χ4n) is 7.77. The van der Waals surface area contributed by atoms with E-state index < -0.39 is 204 Å². The molecular formula is C55H91N5O18. The minimum Gasteiger partial charge on any atom is -0.453 e. The first-order chi connectivity index (χ1) is 35.9. The van der Waals surface area contributed by atoms with Crippen LogP contribution >= 0.6 is 0 Å². The van der Waals surface area contributed by atoms with E-state index >= 15 is 0 Å². The van der Waals surface area contributed by atoms with Crippen molar-refractivity contribution in [3.8, 4) is 0 Å². The van der Waals surface area contributed by atoms with Gasteiger partial charge in [0.25, 0.3) is 29.5 Å². The summed E-state index contributed by atoms with van der Waals surface area (Å²) in [7, 11) is 0. The minimum atomic E-state index is -1.55. The molecule has 0 saturated carbocycles. The molecule has 23 heteroatoms. The number of amides is 5. The van der Waals surface area contributed by atoms with Gasteiger partial charge in [0, 0.05) is 6.42 Å². The third-order valence-electron chi connectivity index (χ3n) is 13.0. The van der Waals surface area contributed by atoms with Crippen LogP contribution in [0.4, 0.5) is 0 Å². The molecule has 1 aliphatic rings. The van der Waals surface area contributed by atoms with Crippen molar-refractivity contribution in [2.75, 3.05) is 0 Å². The number of hydrogen-bond donors (Lipinski definition) is 5. The molecule has 0 radical (unpaired) electrons. The maximum absolute atomic E-state index is 14.0. The Hall–Kier alpha value is -6.16. The van der Waals surface area contributed by atoms with E-state index in [2.05, 4.69) is 26.6 Å². The standard InChI is InChI=1S/C55H91N5O18/c1-23(2)35-22-36(61)42(29(13)14)76-53(70)39(26(7)8)56-46(63)33(20)74-51(68)37(24(3)4)59-49(66)44(31(17)18)78-55(72)41(28(11)12)58-47(64)34(21)75-52(69)38(25(5)6)60-48(65)43(30(15)16)77-54(71)40(27(9)10)57-45(62)32(19)73-50(35)67/h23-35,37-44H,22H2,1-21H3,(H,56,63)(H,57,62)(H,58,64)(H,59,66)(H,60,65)/t32-,33-,34-,35-,37+,38+,39-,40-,41-,42+,43+,44+/m0/s1. The number of ether oxygens (including phenoxy) is 6. The van der Waals surface area contributed by atoms with Crippen LogP contribution in [0.3, 0.4) is 0 Å². The van der Waals surface area contributed by atoms with Crippen LogP contribution in [0.15, 0.2) is 0 Å². The lowest BCUT2D eigenvalue weighted by molar-refractivity contribution is -0.167. The van der Waals surface area contributed by atoms with Crippen molar-refractivity contribution in [2.24, 2.45) is 59.2 Å². The lowest BCUT2D eigenvalue weighted by atomic mass is 9.87. The molecule has 23 nitrogen and oxygen atoms in total. The summed E-state index contributed by atoms with van der Waals surface area (Å²) in [6, 6.07) is -6.92. The van der Waals surface area contributed by atoms with Crippen molar-refractivity contribution in [3.05, 3.63) is 0 Å². The molecule has 0 aromatic heterocycles. The van der Waals surface area contributed by atoms with Gasteiger partial charge in [0.1, 0.15) is 30.2 Å². The Morgan fingerprint density at radius 1 is 0.282 bits per heavy atom. The highest BCUT2D eigenvalue weighted by Gasteiger charge is 2.42. The predicted molar refractivity (Wildman–Crippen MR) is 283 cm³/mol. The van der Waals surface area contributed by atoms with E-state index in [4.69, 9.17) is 28.4 Å². The van der Waals surface area contributed by atoms with Gasteiger partial charge in [-0.15, -0.1) is 0 Å².